The van der Waals surface area contributed by atoms with E-state index in [1.165, 1.54) is 0 Å². The molecule has 5 aromatic rings. The van der Waals surface area contributed by atoms with Gasteiger partial charge in [0.2, 0.25) is 12.2 Å². The molecule has 3 aromatic heterocycles. The van der Waals surface area contributed by atoms with Crippen LogP contribution in [-0.4, -0.2) is 72.1 Å². The van der Waals surface area contributed by atoms with E-state index in [0.29, 0.717) is 34.9 Å². The number of aromatic nitrogens is 3. The van der Waals surface area contributed by atoms with Crippen LogP contribution in [0.5, 0.6) is 5.88 Å². The lowest BCUT2D eigenvalue weighted by molar-refractivity contribution is -0.278. The van der Waals surface area contributed by atoms with Crippen molar-refractivity contribution >= 4 is 5.65 Å². The SMILES string of the molecule is OCC1OC(Oc2c(Cc3ccco3)nc3c(Cc4ccccc4)nc(-c4ccccc4)cn23)C(O)C(O)C1O. The van der Waals surface area contributed by atoms with E-state index in [2.05, 4.69) is 0 Å². The molecule has 1 fully saturated rings. The van der Waals surface area contributed by atoms with Gasteiger partial charge < -0.3 is 34.3 Å². The Kier molecular flexibility index (Phi) is 7.33. The largest absolute Gasteiger partial charge is 0.469 e. The lowest BCUT2D eigenvalue weighted by Gasteiger charge is -2.39. The van der Waals surface area contributed by atoms with E-state index in [9.17, 15) is 20.4 Å². The summed E-state index contributed by atoms with van der Waals surface area (Å²) < 4.78 is 19.2. The van der Waals surface area contributed by atoms with Crippen LogP contribution in [0.15, 0.2) is 89.7 Å². The number of hydrogen-bond donors (Lipinski definition) is 4. The molecule has 40 heavy (non-hydrogen) atoms. The number of ether oxygens (including phenoxy) is 2. The van der Waals surface area contributed by atoms with Gasteiger partial charge in [0.15, 0.2) is 5.65 Å². The summed E-state index contributed by atoms with van der Waals surface area (Å²) >= 11 is 0. The van der Waals surface area contributed by atoms with Crippen molar-refractivity contribution in [2.75, 3.05) is 6.61 Å². The monoisotopic (exact) mass is 543 g/mol. The molecule has 0 amide bonds. The highest BCUT2D eigenvalue weighted by atomic mass is 16.7. The summed E-state index contributed by atoms with van der Waals surface area (Å²) in [7, 11) is 0. The van der Waals surface area contributed by atoms with E-state index < -0.39 is 37.3 Å². The van der Waals surface area contributed by atoms with Crippen molar-refractivity contribution < 1.29 is 34.3 Å². The molecule has 0 saturated carbocycles. The summed E-state index contributed by atoms with van der Waals surface area (Å²) in [5.41, 5.74) is 4.36. The topological polar surface area (TPSA) is 143 Å². The Morgan fingerprint density at radius 1 is 0.800 bits per heavy atom. The van der Waals surface area contributed by atoms with Crippen LogP contribution >= 0.6 is 0 Å². The molecular weight excluding hydrogens is 514 g/mol. The van der Waals surface area contributed by atoms with Crippen LogP contribution in [0.1, 0.15) is 22.7 Å². The highest BCUT2D eigenvalue weighted by molar-refractivity contribution is 5.63. The molecule has 2 aromatic carbocycles. The number of aliphatic hydroxyl groups is 4. The molecule has 5 unspecified atom stereocenters. The molecule has 0 aliphatic carbocycles. The normalized spacial score (nSPS) is 22.9. The maximum Gasteiger partial charge on any atom is 0.231 e. The molecule has 0 bridgehead atoms. The fourth-order valence-corrected chi connectivity index (χ4v) is 4.88. The minimum Gasteiger partial charge on any atom is -0.469 e. The summed E-state index contributed by atoms with van der Waals surface area (Å²) in [4.78, 5) is 9.88. The first kappa shape index (κ1) is 26.2. The first-order valence-corrected chi connectivity index (χ1v) is 13.0. The third-order valence-electron chi connectivity index (χ3n) is 6.98. The van der Waals surface area contributed by atoms with E-state index in [4.69, 9.17) is 23.9 Å². The number of imidazole rings is 1. The van der Waals surface area contributed by atoms with Gasteiger partial charge in [-0.25, -0.2) is 9.97 Å². The van der Waals surface area contributed by atoms with Crippen molar-refractivity contribution in [1.82, 2.24) is 14.4 Å². The molecule has 10 heteroatoms. The summed E-state index contributed by atoms with van der Waals surface area (Å²) in [6.07, 6.45) is -3.04. The fraction of sp³-hybridized carbons (Fsp3) is 0.267. The van der Waals surface area contributed by atoms with Gasteiger partial charge in [-0.1, -0.05) is 60.7 Å². The van der Waals surface area contributed by atoms with Crippen molar-refractivity contribution in [3.63, 3.8) is 0 Å². The highest BCUT2D eigenvalue weighted by Gasteiger charge is 2.45. The Morgan fingerprint density at radius 3 is 2.25 bits per heavy atom. The standard InChI is InChI=1S/C30H29N3O7/c34-17-24-25(35)26(36)27(37)30(39-24)40-29-22(15-20-12-7-13-38-20)32-28-21(14-18-8-3-1-4-9-18)31-23(16-33(28)29)19-10-5-2-6-11-19/h1-13,16,24-27,30,34-37H,14-15,17H2. The number of hydrogen-bond acceptors (Lipinski definition) is 9. The van der Waals surface area contributed by atoms with Gasteiger partial charge in [0.05, 0.1) is 30.7 Å². The Bertz CT molecular complexity index is 1560. The number of fused-ring (bicyclic) bond motifs is 1. The maximum absolute atomic E-state index is 10.7. The second kappa shape index (κ2) is 11.2. The fourth-order valence-electron chi connectivity index (χ4n) is 4.88. The van der Waals surface area contributed by atoms with E-state index >= 15 is 0 Å². The van der Waals surface area contributed by atoms with Crippen LogP contribution in [0.4, 0.5) is 0 Å². The molecule has 1 saturated heterocycles. The van der Waals surface area contributed by atoms with Crippen LogP contribution in [0.3, 0.4) is 0 Å². The van der Waals surface area contributed by atoms with Crippen LogP contribution in [0.2, 0.25) is 0 Å². The summed E-state index contributed by atoms with van der Waals surface area (Å²) in [6, 6.07) is 23.2. The van der Waals surface area contributed by atoms with Gasteiger partial charge in [0, 0.05) is 18.2 Å². The van der Waals surface area contributed by atoms with Crippen molar-refractivity contribution in [3.05, 3.63) is 108 Å². The average Bonchev–Trinajstić information content (AvgIpc) is 3.62. The van der Waals surface area contributed by atoms with Crippen LogP contribution in [0.25, 0.3) is 16.9 Å². The quantitative estimate of drug-likeness (QED) is 0.232. The Labute approximate surface area is 229 Å². The lowest BCUT2D eigenvalue weighted by Crippen LogP contribution is -2.60. The van der Waals surface area contributed by atoms with Gasteiger partial charge in [-0.15, -0.1) is 0 Å². The number of benzene rings is 2. The Hall–Kier alpha value is -4.06. The zero-order valence-corrected chi connectivity index (χ0v) is 21.4. The summed E-state index contributed by atoms with van der Waals surface area (Å²) in [5.74, 6) is 0.896. The van der Waals surface area contributed by atoms with Crippen molar-refractivity contribution in [2.24, 2.45) is 0 Å². The zero-order valence-electron chi connectivity index (χ0n) is 21.4. The second-order valence-corrected chi connectivity index (χ2v) is 9.73. The second-order valence-electron chi connectivity index (χ2n) is 9.73. The van der Waals surface area contributed by atoms with Gasteiger partial charge in [-0.2, -0.15) is 0 Å². The molecule has 1 aliphatic heterocycles. The number of nitrogens with zero attached hydrogens (tertiary/aromatic N) is 3. The highest BCUT2D eigenvalue weighted by Crippen LogP contribution is 2.32. The number of aliphatic hydroxyl groups excluding tert-OH is 4. The first-order valence-electron chi connectivity index (χ1n) is 13.0. The molecule has 4 heterocycles. The van der Waals surface area contributed by atoms with Gasteiger partial charge in [-0.05, 0) is 17.7 Å². The summed E-state index contributed by atoms with van der Waals surface area (Å²) in [6.45, 7) is -0.569. The van der Waals surface area contributed by atoms with Crippen LogP contribution in [-0.2, 0) is 17.6 Å². The molecule has 0 spiro atoms. The van der Waals surface area contributed by atoms with Gasteiger partial charge >= 0.3 is 0 Å². The molecule has 5 atom stereocenters. The number of rotatable bonds is 8. The summed E-state index contributed by atoms with van der Waals surface area (Å²) in [5, 5.41) is 41.0. The average molecular weight is 544 g/mol. The van der Waals surface area contributed by atoms with E-state index in [1.54, 1.807) is 22.9 Å². The predicted molar refractivity (Wildman–Crippen MR) is 144 cm³/mol. The van der Waals surface area contributed by atoms with Crippen LogP contribution in [0, 0.1) is 0 Å². The third kappa shape index (κ3) is 5.10. The molecule has 4 N–H and O–H groups in total. The van der Waals surface area contributed by atoms with Crippen molar-refractivity contribution in [2.45, 2.75) is 43.5 Å². The zero-order chi connectivity index (χ0) is 27.6. The molecular formula is C30H29N3O7. The molecule has 0 radical (unpaired) electrons. The van der Waals surface area contributed by atoms with E-state index in [-0.39, 0.29) is 12.3 Å². The molecule has 10 nitrogen and oxygen atoms in total. The van der Waals surface area contributed by atoms with Gasteiger partial charge in [-0.3, -0.25) is 4.40 Å². The maximum atomic E-state index is 10.7. The Balaban J connectivity index is 1.50. The number of furan rings is 1. The lowest BCUT2D eigenvalue weighted by atomic mass is 9.99. The minimum atomic E-state index is -1.58. The van der Waals surface area contributed by atoms with Gasteiger partial charge in [0.25, 0.3) is 0 Å². The minimum absolute atomic E-state index is 0.254. The first-order chi connectivity index (χ1) is 19.5. The Morgan fingerprint density at radius 2 is 1.55 bits per heavy atom. The van der Waals surface area contributed by atoms with Crippen molar-refractivity contribution in [1.29, 1.82) is 0 Å². The van der Waals surface area contributed by atoms with E-state index in [0.717, 1.165) is 11.1 Å². The van der Waals surface area contributed by atoms with Gasteiger partial charge in [0.1, 0.15) is 35.9 Å². The van der Waals surface area contributed by atoms with Crippen LogP contribution < -0.4 is 4.74 Å². The molecule has 1 aliphatic rings. The molecule has 206 valence electrons. The van der Waals surface area contributed by atoms with E-state index in [1.807, 2.05) is 66.7 Å². The smallest absolute Gasteiger partial charge is 0.231 e. The van der Waals surface area contributed by atoms with Crippen molar-refractivity contribution in [3.8, 4) is 17.1 Å². The third-order valence-corrected chi connectivity index (χ3v) is 6.98. The predicted octanol–water partition coefficient (Wildman–Crippen LogP) is 2.35. The molecule has 6 rings (SSSR count).